The Balaban J connectivity index is 2.17. The van der Waals surface area contributed by atoms with E-state index in [1.165, 1.54) is 15.7 Å². The van der Waals surface area contributed by atoms with Crippen molar-refractivity contribution in [2.45, 2.75) is 12.6 Å². The van der Waals surface area contributed by atoms with Crippen molar-refractivity contribution in [3.05, 3.63) is 35.9 Å². The average Bonchev–Trinajstić information content (AvgIpc) is 2.48. The minimum atomic E-state index is -3.73. The van der Waals surface area contributed by atoms with E-state index in [2.05, 4.69) is 5.32 Å². The van der Waals surface area contributed by atoms with Gasteiger partial charge in [0.2, 0.25) is 5.91 Å². The minimum absolute atomic E-state index is 0.231. The lowest BCUT2D eigenvalue weighted by Gasteiger charge is -2.35. The standard InChI is InChI=1S/C13H20N4O3S/c1-16(10-11-5-3-2-4-6-11)21(19,20)17-8-7-15-9-12(17)13(14)18/h2-6,12,15H,7-10H2,1H3,(H2,14,18). The molecule has 1 aliphatic heterocycles. The molecule has 1 unspecified atom stereocenters. The Hall–Kier alpha value is -1.48. The Morgan fingerprint density at radius 1 is 1.43 bits per heavy atom. The lowest BCUT2D eigenvalue weighted by Crippen LogP contribution is -2.60. The topological polar surface area (TPSA) is 95.7 Å². The summed E-state index contributed by atoms with van der Waals surface area (Å²) in [4.78, 5) is 11.4. The van der Waals surface area contributed by atoms with Crippen LogP contribution in [0.2, 0.25) is 0 Å². The summed E-state index contributed by atoms with van der Waals surface area (Å²) in [5.41, 5.74) is 6.19. The van der Waals surface area contributed by atoms with E-state index in [-0.39, 0.29) is 19.6 Å². The number of amides is 1. The van der Waals surface area contributed by atoms with Gasteiger partial charge in [-0.05, 0) is 5.56 Å². The number of nitrogens with two attached hydrogens (primary N) is 1. The Labute approximate surface area is 124 Å². The molecule has 8 heteroatoms. The zero-order valence-corrected chi connectivity index (χ0v) is 12.7. The molecule has 0 spiro atoms. The Morgan fingerprint density at radius 2 is 2.10 bits per heavy atom. The first-order valence-electron chi connectivity index (χ1n) is 6.70. The molecule has 1 atom stereocenters. The van der Waals surface area contributed by atoms with E-state index >= 15 is 0 Å². The van der Waals surface area contributed by atoms with Gasteiger partial charge in [0.15, 0.2) is 0 Å². The summed E-state index contributed by atoms with van der Waals surface area (Å²) in [6, 6.07) is 8.45. The van der Waals surface area contributed by atoms with Gasteiger partial charge < -0.3 is 11.1 Å². The Morgan fingerprint density at radius 3 is 2.71 bits per heavy atom. The molecule has 1 saturated heterocycles. The van der Waals surface area contributed by atoms with E-state index in [4.69, 9.17) is 5.73 Å². The Bertz CT molecular complexity index is 591. The molecule has 1 amide bonds. The SMILES string of the molecule is CN(Cc1ccccc1)S(=O)(=O)N1CCNCC1C(N)=O. The van der Waals surface area contributed by atoms with Crippen LogP contribution in [-0.4, -0.2) is 55.7 Å². The minimum Gasteiger partial charge on any atom is -0.368 e. The first-order valence-corrected chi connectivity index (χ1v) is 8.09. The van der Waals surface area contributed by atoms with Crippen LogP contribution in [0.15, 0.2) is 30.3 Å². The second-order valence-electron chi connectivity index (χ2n) is 4.98. The van der Waals surface area contributed by atoms with Crippen LogP contribution in [0.4, 0.5) is 0 Å². The van der Waals surface area contributed by atoms with E-state index in [1.54, 1.807) is 0 Å². The van der Waals surface area contributed by atoms with Crippen molar-refractivity contribution in [1.29, 1.82) is 0 Å². The van der Waals surface area contributed by atoms with E-state index in [9.17, 15) is 13.2 Å². The van der Waals surface area contributed by atoms with Gasteiger partial charge in [0.05, 0.1) is 0 Å². The average molecular weight is 312 g/mol. The number of carbonyl (C=O) groups is 1. The highest BCUT2D eigenvalue weighted by atomic mass is 32.2. The molecule has 0 bridgehead atoms. The molecule has 0 aromatic heterocycles. The van der Waals surface area contributed by atoms with Gasteiger partial charge in [-0.15, -0.1) is 0 Å². The number of rotatable bonds is 5. The van der Waals surface area contributed by atoms with Crippen molar-refractivity contribution in [2.24, 2.45) is 5.73 Å². The van der Waals surface area contributed by atoms with Crippen molar-refractivity contribution in [2.75, 3.05) is 26.7 Å². The molecular weight excluding hydrogens is 292 g/mol. The van der Waals surface area contributed by atoms with Crippen LogP contribution in [0.3, 0.4) is 0 Å². The monoisotopic (exact) mass is 312 g/mol. The molecule has 2 rings (SSSR count). The van der Waals surface area contributed by atoms with Crippen molar-refractivity contribution in [3.63, 3.8) is 0 Å². The molecule has 0 aliphatic carbocycles. The summed E-state index contributed by atoms with van der Waals surface area (Å²) in [7, 11) is -2.23. The summed E-state index contributed by atoms with van der Waals surface area (Å²) in [5, 5.41) is 2.98. The lowest BCUT2D eigenvalue weighted by molar-refractivity contribution is -0.122. The molecule has 21 heavy (non-hydrogen) atoms. The van der Waals surface area contributed by atoms with Crippen LogP contribution in [0.25, 0.3) is 0 Å². The van der Waals surface area contributed by atoms with Crippen LogP contribution in [0.5, 0.6) is 0 Å². The van der Waals surface area contributed by atoms with Crippen molar-refractivity contribution >= 4 is 16.1 Å². The van der Waals surface area contributed by atoms with E-state index < -0.39 is 22.2 Å². The number of primary amides is 1. The molecule has 0 radical (unpaired) electrons. The summed E-state index contributed by atoms with van der Waals surface area (Å²) in [6.07, 6.45) is 0. The quantitative estimate of drug-likeness (QED) is 0.738. The van der Waals surface area contributed by atoms with Gasteiger partial charge in [0, 0.05) is 33.2 Å². The maximum Gasteiger partial charge on any atom is 0.282 e. The zero-order chi connectivity index (χ0) is 15.5. The van der Waals surface area contributed by atoms with Crippen LogP contribution < -0.4 is 11.1 Å². The number of benzene rings is 1. The molecule has 116 valence electrons. The number of nitrogens with zero attached hydrogens (tertiary/aromatic N) is 2. The summed E-state index contributed by atoms with van der Waals surface area (Å²) >= 11 is 0. The van der Waals surface area contributed by atoms with Gasteiger partial charge in [-0.25, -0.2) is 0 Å². The number of carbonyl (C=O) groups excluding carboxylic acids is 1. The van der Waals surface area contributed by atoms with Gasteiger partial charge in [-0.3, -0.25) is 4.79 Å². The fourth-order valence-electron chi connectivity index (χ4n) is 2.31. The zero-order valence-electron chi connectivity index (χ0n) is 11.9. The molecule has 0 saturated carbocycles. The third-order valence-electron chi connectivity index (χ3n) is 3.46. The predicted molar refractivity (Wildman–Crippen MR) is 79.4 cm³/mol. The summed E-state index contributed by atoms with van der Waals surface area (Å²) < 4.78 is 27.7. The third kappa shape index (κ3) is 3.59. The highest BCUT2D eigenvalue weighted by Crippen LogP contribution is 2.15. The normalized spacial score (nSPS) is 20.6. The van der Waals surface area contributed by atoms with Gasteiger partial charge in [0.1, 0.15) is 6.04 Å². The molecule has 3 N–H and O–H groups in total. The molecule has 1 fully saturated rings. The van der Waals surface area contributed by atoms with Gasteiger partial charge >= 0.3 is 0 Å². The van der Waals surface area contributed by atoms with Crippen molar-refractivity contribution < 1.29 is 13.2 Å². The highest BCUT2D eigenvalue weighted by molar-refractivity contribution is 7.86. The van der Waals surface area contributed by atoms with Crippen LogP contribution >= 0.6 is 0 Å². The van der Waals surface area contributed by atoms with Crippen LogP contribution in [0.1, 0.15) is 5.56 Å². The maximum atomic E-state index is 12.6. The predicted octanol–water partition coefficient (Wildman–Crippen LogP) is -0.878. The number of nitrogens with one attached hydrogen (secondary N) is 1. The van der Waals surface area contributed by atoms with Gasteiger partial charge in [-0.2, -0.15) is 17.0 Å². The first kappa shape index (κ1) is 15.9. The molecular formula is C13H20N4O3S. The first-order chi connectivity index (χ1) is 9.93. The fraction of sp³-hybridized carbons (Fsp3) is 0.462. The van der Waals surface area contributed by atoms with Gasteiger partial charge in [-0.1, -0.05) is 30.3 Å². The van der Waals surface area contributed by atoms with Crippen LogP contribution in [-0.2, 0) is 21.5 Å². The molecule has 7 nitrogen and oxygen atoms in total. The number of hydrogen-bond donors (Lipinski definition) is 2. The van der Waals surface area contributed by atoms with E-state index in [0.717, 1.165) is 5.56 Å². The molecule has 1 aliphatic rings. The Kier molecular flexibility index (Phi) is 4.94. The lowest BCUT2D eigenvalue weighted by atomic mass is 10.2. The van der Waals surface area contributed by atoms with E-state index in [1.807, 2.05) is 30.3 Å². The number of hydrogen-bond acceptors (Lipinski definition) is 4. The van der Waals surface area contributed by atoms with Crippen LogP contribution in [0, 0.1) is 0 Å². The summed E-state index contributed by atoms with van der Waals surface area (Å²) in [5.74, 6) is -0.640. The largest absolute Gasteiger partial charge is 0.368 e. The van der Waals surface area contributed by atoms with E-state index in [0.29, 0.717) is 6.54 Å². The number of piperazine rings is 1. The van der Waals surface area contributed by atoms with Crippen molar-refractivity contribution in [3.8, 4) is 0 Å². The molecule has 1 aromatic rings. The third-order valence-corrected chi connectivity index (χ3v) is 5.41. The van der Waals surface area contributed by atoms with Crippen molar-refractivity contribution in [1.82, 2.24) is 13.9 Å². The fourth-order valence-corrected chi connectivity index (χ4v) is 3.80. The second-order valence-corrected chi connectivity index (χ2v) is 6.97. The highest BCUT2D eigenvalue weighted by Gasteiger charge is 2.37. The molecule has 1 heterocycles. The molecule has 1 aromatic carbocycles. The maximum absolute atomic E-state index is 12.6. The summed E-state index contributed by atoms with van der Waals surface area (Å²) in [6.45, 7) is 1.23. The smallest absolute Gasteiger partial charge is 0.282 e. The van der Waals surface area contributed by atoms with Gasteiger partial charge in [0.25, 0.3) is 10.2 Å². The second kappa shape index (κ2) is 6.52.